The van der Waals surface area contributed by atoms with E-state index in [9.17, 15) is 10.1 Å². The van der Waals surface area contributed by atoms with Gasteiger partial charge in [-0.2, -0.15) is 14.6 Å². The quantitative estimate of drug-likeness (QED) is 0.345. The zero-order valence-corrected chi connectivity index (χ0v) is 15.6. The molecule has 0 fully saturated rings. The van der Waals surface area contributed by atoms with Gasteiger partial charge in [0.05, 0.1) is 17.2 Å². The lowest BCUT2D eigenvalue weighted by Crippen LogP contribution is -2.02. The third-order valence-corrected chi connectivity index (χ3v) is 4.97. The SMILES string of the molecule is Cc1cc(-c2cn(Cc3ccccc3[N+](=O)[O-])c3ccccc23)n2ncnc2n1. The summed E-state index contributed by atoms with van der Waals surface area (Å²) in [6.07, 6.45) is 3.50. The number of hydrogen-bond acceptors (Lipinski definition) is 5. The highest BCUT2D eigenvalue weighted by Crippen LogP contribution is 2.32. The van der Waals surface area contributed by atoms with Crippen molar-refractivity contribution in [1.82, 2.24) is 24.1 Å². The predicted molar refractivity (Wildman–Crippen MR) is 109 cm³/mol. The fourth-order valence-corrected chi connectivity index (χ4v) is 3.71. The summed E-state index contributed by atoms with van der Waals surface area (Å²) in [6.45, 7) is 2.31. The lowest BCUT2D eigenvalue weighted by Gasteiger charge is -2.06. The van der Waals surface area contributed by atoms with E-state index in [0.29, 0.717) is 17.9 Å². The molecule has 0 bridgehead atoms. The second kappa shape index (κ2) is 6.52. The molecule has 0 N–H and O–H groups in total. The van der Waals surface area contributed by atoms with E-state index in [2.05, 4.69) is 15.1 Å². The lowest BCUT2D eigenvalue weighted by molar-refractivity contribution is -0.385. The van der Waals surface area contributed by atoms with Crippen LogP contribution in [0.4, 0.5) is 5.69 Å². The molecule has 0 saturated heterocycles. The van der Waals surface area contributed by atoms with Crippen LogP contribution >= 0.6 is 0 Å². The third-order valence-electron chi connectivity index (χ3n) is 4.97. The minimum absolute atomic E-state index is 0.116. The van der Waals surface area contributed by atoms with Crippen LogP contribution in [0.2, 0.25) is 0 Å². The van der Waals surface area contributed by atoms with Gasteiger partial charge in [-0.15, -0.1) is 0 Å². The van der Waals surface area contributed by atoms with Gasteiger partial charge in [0.25, 0.3) is 11.5 Å². The van der Waals surface area contributed by atoms with Crippen LogP contribution < -0.4 is 0 Å². The van der Waals surface area contributed by atoms with Gasteiger partial charge >= 0.3 is 0 Å². The molecule has 5 aromatic rings. The Morgan fingerprint density at radius 2 is 1.90 bits per heavy atom. The number of aromatic nitrogens is 5. The van der Waals surface area contributed by atoms with E-state index in [0.717, 1.165) is 27.9 Å². The van der Waals surface area contributed by atoms with Crippen molar-refractivity contribution in [2.75, 3.05) is 0 Å². The van der Waals surface area contributed by atoms with E-state index < -0.39 is 0 Å². The van der Waals surface area contributed by atoms with Crippen molar-refractivity contribution >= 4 is 22.4 Å². The van der Waals surface area contributed by atoms with Gasteiger partial charge in [0.1, 0.15) is 6.33 Å². The highest BCUT2D eigenvalue weighted by Gasteiger charge is 2.18. The smallest absolute Gasteiger partial charge is 0.274 e. The molecule has 0 amide bonds. The van der Waals surface area contributed by atoms with Gasteiger partial charge in [-0.1, -0.05) is 36.4 Å². The molecule has 0 saturated carbocycles. The Morgan fingerprint density at radius 1 is 1.10 bits per heavy atom. The second-order valence-electron chi connectivity index (χ2n) is 6.83. The fourth-order valence-electron chi connectivity index (χ4n) is 3.71. The van der Waals surface area contributed by atoms with Crippen molar-refractivity contribution in [3.05, 3.63) is 88.5 Å². The molecule has 2 aromatic carbocycles. The summed E-state index contributed by atoms with van der Waals surface area (Å²) < 4.78 is 3.75. The van der Waals surface area contributed by atoms with E-state index in [4.69, 9.17) is 0 Å². The first-order valence-electron chi connectivity index (χ1n) is 9.10. The number of nitro groups is 1. The Labute approximate surface area is 165 Å². The molecule has 0 aliphatic rings. The van der Waals surface area contributed by atoms with Crippen molar-refractivity contribution in [2.45, 2.75) is 13.5 Å². The maximum absolute atomic E-state index is 11.4. The van der Waals surface area contributed by atoms with Crippen molar-refractivity contribution in [3.63, 3.8) is 0 Å². The number of aryl methyl sites for hydroxylation is 1. The van der Waals surface area contributed by atoms with Crippen LogP contribution in [0.5, 0.6) is 0 Å². The summed E-state index contributed by atoms with van der Waals surface area (Å²) >= 11 is 0. The molecule has 0 atom stereocenters. The molecule has 3 heterocycles. The molecule has 3 aromatic heterocycles. The van der Waals surface area contributed by atoms with E-state index in [1.165, 1.54) is 12.4 Å². The molecule has 8 nitrogen and oxygen atoms in total. The van der Waals surface area contributed by atoms with Crippen molar-refractivity contribution in [2.24, 2.45) is 0 Å². The van der Waals surface area contributed by atoms with Crippen LogP contribution in [0.1, 0.15) is 11.3 Å². The average molecular weight is 384 g/mol. The monoisotopic (exact) mass is 384 g/mol. The van der Waals surface area contributed by atoms with Crippen LogP contribution in [0.15, 0.2) is 67.1 Å². The molecular weight excluding hydrogens is 368 g/mol. The van der Waals surface area contributed by atoms with Crippen molar-refractivity contribution < 1.29 is 4.92 Å². The molecule has 0 unspecified atom stereocenters. The topological polar surface area (TPSA) is 91.1 Å². The van der Waals surface area contributed by atoms with Crippen LogP contribution in [-0.2, 0) is 6.54 Å². The maximum atomic E-state index is 11.4. The highest BCUT2D eigenvalue weighted by atomic mass is 16.6. The van der Waals surface area contributed by atoms with Crippen LogP contribution in [0, 0.1) is 17.0 Å². The second-order valence-corrected chi connectivity index (χ2v) is 6.83. The highest BCUT2D eigenvalue weighted by molar-refractivity contribution is 5.95. The zero-order valence-electron chi connectivity index (χ0n) is 15.6. The molecule has 0 radical (unpaired) electrons. The normalized spacial score (nSPS) is 11.3. The number of hydrogen-bond donors (Lipinski definition) is 0. The van der Waals surface area contributed by atoms with Crippen LogP contribution in [0.3, 0.4) is 0 Å². The van der Waals surface area contributed by atoms with Gasteiger partial charge in [0.2, 0.25) is 0 Å². The van der Waals surface area contributed by atoms with Gasteiger partial charge < -0.3 is 4.57 Å². The van der Waals surface area contributed by atoms with Crippen LogP contribution in [-0.4, -0.2) is 29.1 Å². The van der Waals surface area contributed by atoms with Crippen LogP contribution in [0.25, 0.3) is 27.9 Å². The van der Waals surface area contributed by atoms with Crippen molar-refractivity contribution in [1.29, 1.82) is 0 Å². The molecular formula is C21H16N6O2. The van der Waals surface area contributed by atoms with Gasteiger partial charge in [-0.3, -0.25) is 10.1 Å². The number of fused-ring (bicyclic) bond motifs is 2. The third kappa shape index (κ3) is 2.82. The van der Waals surface area contributed by atoms with Gasteiger partial charge in [-0.05, 0) is 19.1 Å². The number of rotatable bonds is 4. The Morgan fingerprint density at radius 3 is 2.76 bits per heavy atom. The predicted octanol–water partition coefficient (Wildman–Crippen LogP) is 4.01. The first-order valence-corrected chi connectivity index (χ1v) is 9.10. The molecule has 0 aliphatic carbocycles. The Hall–Kier alpha value is -4.07. The van der Waals surface area contributed by atoms with Gasteiger partial charge in [0, 0.05) is 40.0 Å². The number of para-hydroxylation sites is 2. The molecule has 8 heteroatoms. The summed E-state index contributed by atoms with van der Waals surface area (Å²) in [5.41, 5.74) is 4.45. The molecule has 142 valence electrons. The first-order chi connectivity index (χ1) is 14.1. The Bertz CT molecular complexity index is 1380. The summed E-state index contributed by atoms with van der Waals surface area (Å²) in [5, 5.41) is 16.8. The average Bonchev–Trinajstić information content (AvgIpc) is 3.33. The molecule has 0 aliphatic heterocycles. The molecule has 29 heavy (non-hydrogen) atoms. The van der Waals surface area contributed by atoms with E-state index in [1.54, 1.807) is 16.6 Å². The maximum Gasteiger partial charge on any atom is 0.274 e. The van der Waals surface area contributed by atoms with E-state index in [1.807, 2.05) is 54.1 Å². The summed E-state index contributed by atoms with van der Waals surface area (Å²) in [4.78, 5) is 19.7. The summed E-state index contributed by atoms with van der Waals surface area (Å²) in [5.74, 6) is 0.538. The lowest BCUT2D eigenvalue weighted by atomic mass is 10.1. The Kier molecular flexibility index (Phi) is 3.83. The number of benzene rings is 2. The van der Waals surface area contributed by atoms with Crippen molar-refractivity contribution in [3.8, 4) is 11.3 Å². The summed E-state index contributed by atoms with van der Waals surface area (Å²) in [6, 6.07) is 16.8. The van der Waals surface area contributed by atoms with E-state index in [-0.39, 0.29) is 10.6 Å². The Balaban J connectivity index is 1.72. The molecule has 5 rings (SSSR count). The number of nitro benzene ring substituents is 1. The molecule has 0 spiro atoms. The summed E-state index contributed by atoms with van der Waals surface area (Å²) in [7, 11) is 0. The fraction of sp³-hybridized carbons (Fsp3) is 0.0952. The van der Waals surface area contributed by atoms with Gasteiger partial charge in [-0.25, -0.2) is 4.98 Å². The number of nitrogens with zero attached hydrogens (tertiary/aromatic N) is 6. The minimum atomic E-state index is -0.340. The largest absolute Gasteiger partial charge is 0.342 e. The zero-order chi connectivity index (χ0) is 20.0. The standard InChI is InChI=1S/C21H16N6O2/c1-14-10-20(26-21(24-14)22-13-23-26)17-12-25(19-9-5-3-7-16(17)19)11-15-6-2-4-8-18(15)27(28)29/h2-10,12-13H,11H2,1H3. The first kappa shape index (κ1) is 17.1. The van der Waals surface area contributed by atoms with E-state index >= 15 is 0 Å². The minimum Gasteiger partial charge on any atom is -0.342 e. The van der Waals surface area contributed by atoms with Gasteiger partial charge in [0.15, 0.2) is 0 Å².